The lowest BCUT2D eigenvalue weighted by atomic mass is 9.82. The number of anilines is 3. The normalized spacial score (nSPS) is 13.3. The van der Waals surface area contributed by atoms with Gasteiger partial charge in [0.25, 0.3) is 0 Å². The predicted octanol–water partition coefficient (Wildman–Crippen LogP) is 13.8. The van der Waals surface area contributed by atoms with Gasteiger partial charge in [-0.15, -0.1) is 11.3 Å². The molecule has 232 valence electrons. The summed E-state index contributed by atoms with van der Waals surface area (Å²) in [6, 6.07) is 60.5. The molecule has 1 aliphatic carbocycles. The lowest BCUT2D eigenvalue weighted by Gasteiger charge is -2.29. The highest BCUT2D eigenvalue weighted by atomic mass is 32.1. The summed E-state index contributed by atoms with van der Waals surface area (Å²) in [4.78, 5) is 2.44. The quantitative estimate of drug-likeness (QED) is 0.184. The van der Waals surface area contributed by atoms with E-state index in [1.54, 1.807) is 0 Å². The Morgan fingerprint density at radius 3 is 1.88 bits per heavy atom. The van der Waals surface area contributed by atoms with Gasteiger partial charge in [-0.3, -0.25) is 0 Å². The lowest BCUT2D eigenvalue weighted by Crippen LogP contribution is -2.16. The van der Waals surface area contributed by atoms with E-state index >= 15 is 0 Å². The van der Waals surface area contributed by atoms with E-state index in [9.17, 15) is 0 Å². The highest BCUT2D eigenvalue weighted by molar-refractivity contribution is 7.26. The van der Waals surface area contributed by atoms with Gasteiger partial charge >= 0.3 is 0 Å². The van der Waals surface area contributed by atoms with E-state index in [2.05, 4.69) is 183 Å². The molecule has 0 saturated carbocycles. The van der Waals surface area contributed by atoms with Crippen molar-refractivity contribution in [2.75, 3.05) is 4.90 Å². The minimum atomic E-state index is -0.0790. The van der Waals surface area contributed by atoms with Crippen molar-refractivity contribution in [2.45, 2.75) is 19.3 Å². The summed E-state index contributed by atoms with van der Waals surface area (Å²) in [5.74, 6) is 0. The van der Waals surface area contributed by atoms with Gasteiger partial charge in [-0.1, -0.05) is 141 Å². The second-order valence-corrected chi connectivity index (χ2v) is 14.7. The van der Waals surface area contributed by atoms with Crippen LogP contribution in [0, 0.1) is 0 Å². The van der Waals surface area contributed by atoms with Gasteiger partial charge in [0.15, 0.2) is 0 Å². The summed E-state index contributed by atoms with van der Waals surface area (Å²) in [6.45, 7) is 4.71. The molecule has 0 unspecified atom stereocenters. The van der Waals surface area contributed by atoms with Crippen LogP contribution >= 0.6 is 11.3 Å². The number of benzene rings is 8. The second-order valence-electron chi connectivity index (χ2n) is 13.7. The molecule has 9 aromatic rings. The molecule has 49 heavy (non-hydrogen) atoms. The fraction of sp³-hybridized carbons (Fsp3) is 0.0638. The van der Waals surface area contributed by atoms with Gasteiger partial charge in [0.2, 0.25) is 0 Å². The van der Waals surface area contributed by atoms with Crippen LogP contribution in [-0.2, 0) is 5.41 Å². The van der Waals surface area contributed by atoms with E-state index in [1.165, 1.54) is 86.5 Å². The van der Waals surface area contributed by atoms with Gasteiger partial charge in [-0.25, -0.2) is 0 Å². The van der Waals surface area contributed by atoms with Crippen molar-refractivity contribution in [3.63, 3.8) is 0 Å². The molecular formula is C47H33NS. The summed E-state index contributed by atoms with van der Waals surface area (Å²) in [5, 5.41) is 7.76. The van der Waals surface area contributed by atoms with Gasteiger partial charge < -0.3 is 4.90 Å². The van der Waals surface area contributed by atoms with Gasteiger partial charge in [0.05, 0.1) is 5.69 Å². The molecule has 0 spiro atoms. The standard InChI is InChI=1S/C47H33NS/c1-47(2)42-21-10-8-16-36(42)37-24-23-31(29-43(37)47)48(30-13-4-3-5-14-30)44-28-27-34(33-15-6-7-17-38(33)44)32-19-12-20-40-35(32)25-26-41-39-18-9-11-22-45(39)49-46(40)41/h3-29H,1-2H3. The van der Waals surface area contributed by atoms with E-state index in [0.717, 1.165) is 5.69 Å². The minimum absolute atomic E-state index is 0.0790. The molecule has 0 radical (unpaired) electrons. The zero-order chi connectivity index (χ0) is 32.7. The van der Waals surface area contributed by atoms with Gasteiger partial charge in [0.1, 0.15) is 0 Å². The van der Waals surface area contributed by atoms with Crippen molar-refractivity contribution in [3.8, 4) is 22.3 Å². The predicted molar refractivity (Wildman–Crippen MR) is 212 cm³/mol. The van der Waals surface area contributed by atoms with Crippen LogP contribution in [-0.4, -0.2) is 0 Å². The fourth-order valence-electron chi connectivity index (χ4n) is 8.32. The Kier molecular flexibility index (Phi) is 6.16. The van der Waals surface area contributed by atoms with Crippen LogP contribution in [0.3, 0.4) is 0 Å². The Morgan fingerprint density at radius 2 is 1.00 bits per heavy atom. The minimum Gasteiger partial charge on any atom is -0.310 e. The van der Waals surface area contributed by atoms with Crippen LogP contribution in [0.15, 0.2) is 164 Å². The van der Waals surface area contributed by atoms with E-state index < -0.39 is 0 Å². The van der Waals surface area contributed by atoms with E-state index in [0.29, 0.717) is 0 Å². The van der Waals surface area contributed by atoms with Crippen LogP contribution in [0.25, 0.3) is 64.0 Å². The lowest BCUT2D eigenvalue weighted by molar-refractivity contribution is 0.660. The highest BCUT2D eigenvalue weighted by Gasteiger charge is 2.35. The first-order chi connectivity index (χ1) is 24.1. The Hall–Kier alpha value is -5.70. The van der Waals surface area contributed by atoms with Crippen LogP contribution in [0.5, 0.6) is 0 Å². The number of hydrogen-bond donors (Lipinski definition) is 0. The zero-order valence-corrected chi connectivity index (χ0v) is 28.3. The van der Waals surface area contributed by atoms with Crippen molar-refractivity contribution in [3.05, 3.63) is 175 Å². The molecule has 10 rings (SSSR count). The maximum Gasteiger partial charge on any atom is 0.0540 e. The molecule has 1 nitrogen and oxygen atoms in total. The van der Waals surface area contributed by atoms with E-state index in [1.807, 2.05) is 11.3 Å². The van der Waals surface area contributed by atoms with Crippen LogP contribution in [0.4, 0.5) is 17.1 Å². The van der Waals surface area contributed by atoms with Gasteiger partial charge in [-0.05, 0) is 80.6 Å². The molecule has 0 aliphatic heterocycles. The molecular weight excluding hydrogens is 611 g/mol. The third-order valence-electron chi connectivity index (χ3n) is 10.7. The van der Waals surface area contributed by atoms with Crippen molar-refractivity contribution >= 4 is 70.1 Å². The Balaban J connectivity index is 1.18. The van der Waals surface area contributed by atoms with Crippen molar-refractivity contribution in [1.82, 2.24) is 0 Å². The monoisotopic (exact) mass is 643 g/mol. The number of nitrogens with zero attached hydrogens (tertiary/aromatic N) is 1. The first-order valence-corrected chi connectivity index (χ1v) is 17.8. The van der Waals surface area contributed by atoms with Crippen LogP contribution in [0.1, 0.15) is 25.0 Å². The molecule has 1 aliphatic rings. The number of para-hydroxylation sites is 1. The number of hydrogen-bond acceptors (Lipinski definition) is 2. The van der Waals surface area contributed by atoms with Crippen molar-refractivity contribution in [2.24, 2.45) is 0 Å². The summed E-state index contributed by atoms with van der Waals surface area (Å²) >= 11 is 1.90. The average Bonchev–Trinajstić information content (AvgIpc) is 3.64. The molecule has 0 atom stereocenters. The van der Waals surface area contributed by atoms with E-state index in [4.69, 9.17) is 0 Å². The summed E-state index contributed by atoms with van der Waals surface area (Å²) in [7, 11) is 0. The summed E-state index contributed by atoms with van der Waals surface area (Å²) in [6.07, 6.45) is 0. The molecule has 8 aromatic carbocycles. The molecule has 0 amide bonds. The van der Waals surface area contributed by atoms with Crippen LogP contribution < -0.4 is 4.90 Å². The first-order valence-electron chi connectivity index (χ1n) is 17.0. The SMILES string of the molecule is CC1(C)c2ccccc2-c2ccc(N(c3ccccc3)c3ccc(-c4cccc5c4ccc4c6ccccc6sc54)c4ccccc34)cc21. The Bertz CT molecular complexity index is 2750. The number of thiophene rings is 1. The summed E-state index contributed by atoms with van der Waals surface area (Å²) < 4.78 is 2.70. The maximum absolute atomic E-state index is 2.44. The first kappa shape index (κ1) is 28.3. The average molecular weight is 644 g/mol. The molecule has 0 N–H and O–H groups in total. The fourth-order valence-corrected chi connectivity index (χ4v) is 9.55. The summed E-state index contributed by atoms with van der Waals surface area (Å²) in [5.41, 5.74) is 11.4. The smallest absolute Gasteiger partial charge is 0.0540 e. The highest BCUT2D eigenvalue weighted by Crippen LogP contribution is 2.51. The van der Waals surface area contributed by atoms with Crippen molar-refractivity contribution in [1.29, 1.82) is 0 Å². The zero-order valence-electron chi connectivity index (χ0n) is 27.4. The van der Waals surface area contributed by atoms with Crippen LogP contribution in [0.2, 0.25) is 0 Å². The third kappa shape index (κ3) is 4.17. The third-order valence-corrected chi connectivity index (χ3v) is 11.9. The molecule has 1 aromatic heterocycles. The number of rotatable bonds is 4. The largest absolute Gasteiger partial charge is 0.310 e. The number of fused-ring (bicyclic) bond motifs is 9. The molecule has 2 heteroatoms. The van der Waals surface area contributed by atoms with Gasteiger partial charge in [0, 0.05) is 47.7 Å². The topological polar surface area (TPSA) is 3.24 Å². The molecule has 0 fully saturated rings. The van der Waals surface area contributed by atoms with Gasteiger partial charge in [-0.2, -0.15) is 0 Å². The van der Waals surface area contributed by atoms with E-state index in [-0.39, 0.29) is 5.41 Å². The molecule has 0 saturated heterocycles. The maximum atomic E-state index is 2.44. The molecule has 1 heterocycles. The second kappa shape index (κ2) is 10.7. The Labute approximate surface area is 290 Å². The molecule has 0 bridgehead atoms. The van der Waals surface area contributed by atoms with Crippen molar-refractivity contribution < 1.29 is 0 Å². The Morgan fingerprint density at radius 1 is 0.408 bits per heavy atom.